The van der Waals surface area contributed by atoms with E-state index in [1.165, 1.54) is 17.3 Å². The number of nitrogens with one attached hydrogen (secondary N) is 1. The predicted molar refractivity (Wildman–Crippen MR) is 121 cm³/mol. The molecule has 1 N–H and O–H groups in total. The van der Waals surface area contributed by atoms with Gasteiger partial charge in [-0.3, -0.25) is 9.69 Å². The standard InChI is InChI=1S/C23H28N4O2S/c1-2-27-21-9-4-3-8-20(21)25-23(27)30-17-22(28)24-15-18-6-5-7-19(14-18)16-26-10-12-29-13-11-26/h3-9,14H,2,10-13,15-17H2,1H3,(H,24,28). The first kappa shape index (κ1) is 20.9. The van der Waals surface area contributed by atoms with Crippen molar-refractivity contribution in [2.75, 3.05) is 32.1 Å². The van der Waals surface area contributed by atoms with E-state index < -0.39 is 0 Å². The summed E-state index contributed by atoms with van der Waals surface area (Å²) in [6, 6.07) is 16.5. The molecule has 6 nitrogen and oxygen atoms in total. The molecule has 1 fully saturated rings. The van der Waals surface area contributed by atoms with Crippen LogP contribution < -0.4 is 5.32 Å². The zero-order valence-electron chi connectivity index (χ0n) is 17.3. The van der Waals surface area contributed by atoms with Gasteiger partial charge in [-0.25, -0.2) is 4.98 Å². The van der Waals surface area contributed by atoms with Gasteiger partial charge < -0.3 is 14.6 Å². The molecule has 0 aliphatic carbocycles. The number of ether oxygens (including phenoxy) is 1. The van der Waals surface area contributed by atoms with Gasteiger partial charge in [0.1, 0.15) is 0 Å². The molecule has 0 saturated carbocycles. The maximum Gasteiger partial charge on any atom is 0.230 e. The van der Waals surface area contributed by atoms with Crippen LogP contribution in [0.15, 0.2) is 53.7 Å². The summed E-state index contributed by atoms with van der Waals surface area (Å²) >= 11 is 1.49. The van der Waals surface area contributed by atoms with Crippen LogP contribution >= 0.6 is 11.8 Å². The number of carbonyl (C=O) groups is 1. The van der Waals surface area contributed by atoms with Crippen molar-refractivity contribution in [2.45, 2.75) is 31.7 Å². The fourth-order valence-electron chi connectivity index (χ4n) is 3.71. The van der Waals surface area contributed by atoms with Crippen LogP contribution in [0.25, 0.3) is 11.0 Å². The van der Waals surface area contributed by atoms with E-state index in [0.717, 1.165) is 61.1 Å². The number of imidazole rings is 1. The Hall–Kier alpha value is -2.35. The Morgan fingerprint density at radius 1 is 1.13 bits per heavy atom. The van der Waals surface area contributed by atoms with Gasteiger partial charge in [-0.05, 0) is 30.2 Å². The number of carbonyl (C=O) groups excluding carboxylic acids is 1. The number of para-hydroxylation sites is 2. The zero-order valence-corrected chi connectivity index (χ0v) is 18.2. The monoisotopic (exact) mass is 424 g/mol. The summed E-state index contributed by atoms with van der Waals surface area (Å²) in [5, 5.41) is 3.93. The molecule has 2 aromatic carbocycles. The van der Waals surface area contributed by atoms with E-state index in [9.17, 15) is 4.79 Å². The molecule has 4 rings (SSSR count). The van der Waals surface area contributed by atoms with Gasteiger partial charge in [0.2, 0.25) is 5.91 Å². The highest BCUT2D eigenvalue weighted by atomic mass is 32.2. The van der Waals surface area contributed by atoms with E-state index in [1.54, 1.807) is 0 Å². The number of hydrogen-bond donors (Lipinski definition) is 1. The number of morpholine rings is 1. The van der Waals surface area contributed by atoms with Gasteiger partial charge in [-0.2, -0.15) is 0 Å². The summed E-state index contributed by atoms with van der Waals surface area (Å²) in [5.41, 5.74) is 4.48. The molecular weight excluding hydrogens is 396 g/mol. The normalized spacial score (nSPS) is 14.8. The van der Waals surface area contributed by atoms with E-state index in [4.69, 9.17) is 4.74 Å². The van der Waals surface area contributed by atoms with E-state index in [2.05, 4.69) is 57.0 Å². The highest BCUT2D eigenvalue weighted by molar-refractivity contribution is 7.99. The lowest BCUT2D eigenvalue weighted by Crippen LogP contribution is -2.35. The zero-order chi connectivity index (χ0) is 20.8. The topological polar surface area (TPSA) is 59.4 Å². The van der Waals surface area contributed by atoms with Gasteiger partial charge in [0.25, 0.3) is 0 Å². The Bertz CT molecular complexity index is 998. The highest BCUT2D eigenvalue weighted by Gasteiger charge is 2.13. The lowest BCUT2D eigenvalue weighted by atomic mass is 10.1. The number of nitrogens with zero attached hydrogens (tertiary/aromatic N) is 3. The first-order valence-electron chi connectivity index (χ1n) is 10.5. The van der Waals surface area contributed by atoms with Crippen molar-refractivity contribution in [2.24, 2.45) is 0 Å². The van der Waals surface area contributed by atoms with Gasteiger partial charge in [0.05, 0.1) is 30.0 Å². The summed E-state index contributed by atoms with van der Waals surface area (Å²) in [6.45, 7) is 7.96. The van der Waals surface area contributed by atoms with Crippen molar-refractivity contribution < 1.29 is 9.53 Å². The third kappa shape index (κ3) is 5.22. The molecule has 1 aliphatic rings. The fourth-order valence-corrected chi connectivity index (χ4v) is 4.61. The average Bonchev–Trinajstić information content (AvgIpc) is 3.15. The van der Waals surface area contributed by atoms with Crippen LogP contribution in [0.4, 0.5) is 0 Å². The molecule has 1 aliphatic heterocycles. The molecule has 7 heteroatoms. The quantitative estimate of drug-likeness (QED) is 0.563. The summed E-state index contributed by atoms with van der Waals surface area (Å²) in [6.07, 6.45) is 0. The minimum Gasteiger partial charge on any atom is -0.379 e. The SMILES string of the molecule is CCn1c(SCC(=O)NCc2cccc(CN3CCOCC3)c2)nc2ccccc21. The Labute approximate surface area is 181 Å². The van der Waals surface area contributed by atoms with Crippen molar-refractivity contribution in [3.05, 3.63) is 59.7 Å². The number of amides is 1. The molecule has 0 spiro atoms. The van der Waals surface area contributed by atoms with Crippen LogP contribution in [0.3, 0.4) is 0 Å². The average molecular weight is 425 g/mol. The van der Waals surface area contributed by atoms with Gasteiger partial charge in [0, 0.05) is 32.7 Å². The number of benzene rings is 2. The molecule has 3 aromatic rings. The van der Waals surface area contributed by atoms with Crippen LogP contribution in [0.5, 0.6) is 0 Å². The molecular formula is C23H28N4O2S. The van der Waals surface area contributed by atoms with Gasteiger partial charge in [-0.15, -0.1) is 0 Å². The van der Waals surface area contributed by atoms with E-state index in [-0.39, 0.29) is 5.91 Å². The van der Waals surface area contributed by atoms with Gasteiger partial charge in [0.15, 0.2) is 5.16 Å². The minimum absolute atomic E-state index is 0.0216. The molecule has 30 heavy (non-hydrogen) atoms. The van der Waals surface area contributed by atoms with Crippen LogP contribution in [-0.4, -0.2) is 52.4 Å². The predicted octanol–water partition coefficient (Wildman–Crippen LogP) is 3.30. The third-order valence-electron chi connectivity index (χ3n) is 5.26. The van der Waals surface area contributed by atoms with E-state index >= 15 is 0 Å². The summed E-state index contributed by atoms with van der Waals surface area (Å²) < 4.78 is 7.57. The Balaban J connectivity index is 1.29. The van der Waals surface area contributed by atoms with Crippen molar-refractivity contribution in [3.8, 4) is 0 Å². The molecule has 1 aromatic heterocycles. The van der Waals surface area contributed by atoms with Crippen LogP contribution in [0.1, 0.15) is 18.1 Å². The second-order valence-corrected chi connectivity index (χ2v) is 8.34. The van der Waals surface area contributed by atoms with Crippen molar-refractivity contribution in [1.82, 2.24) is 19.8 Å². The maximum atomic E-state index is 12.4. The first-order chi connectivity index (χ1) is 14.7. The fraction of sp³-hybridized carbons (Fsp3) is 0.391. The van der Waals surface area contributed by atoms with Crippen molar-refractivity contribution >= 4 is 28.7 Å². The van der Waals surface area contributed by atoms with E-state index in [1.807, 2.05) is 18.2 Å². The number of hydrogen-bond acceptors (Lipinski definition) is 5. The van der Waals surface area contributed by atoms with Gasteiger partial charge in [-0.1, -0.05) is 48.2 Å². The number of thioether (sulfide) groups is 1. The van der Waals surface area contributed by atoms with Crippen LogP contribution in [0, 0.1) is 0 Å². The molecule has 0 unspecified atom stereocenters. The summed E-state index contributed by atoms with van der Waals surface area (Å²) in [7, 11) is 0. The molecule has 2 heterocycles. The van der Waals surface area contributed by atoms with E-state index in [0.29, 0.717) is 12.3 Å². The largest absolute Gasteiger partial charge is 0.379 e. The Morgan fingerprint density at radius 3 is 2.77 bits per heavy atom. The third-order valence-corrected chi connectivity index (χ3v) is 6.24. The molecule has 0 atom stereocenters. The number of aryl methyl sites for hydroxylation is 1. The van der Waals surface area contributed by atoms with Crippen LogP contribution in [0.2, 0.25) is 0 Å². The first-order valence-corrected chi connectivity index (χ1v) is 11.4. The Kier molecular flexibility index (Phi) is 7.04. The molecule has 0 radical (unpaired) electrons. The number of aromatic nitrogens is 2. The molecule has 0 bridgehead atoms. The lowest BCUT2D eigenvalue weighted by molar-refractivity contribution is -0.118. The lowest BCUT2D eigenvalue weighted by Gasteiger charge is -2.26. The minimum atomic E-state index is 0.0216. The number of rotatable bonds is 8. The molecule has 158 valence electrons. The maximum absolute atomic E-state index is 12.4. The summed E-state index contributed by atoms with van der Waals surface area (Å²) in [5.74, 6) is 0.379. The second-order valence-electron chi connectivity index (χ2n) is 7.40. The number of fused-ring (bicyclic) bond motifs is 1. The van der Waals surface area contributed by atoms with Crippen molar-refractivity contribution in [3.63, 3.8) is 0 Å². The van der Waals surface area contributed by atoms with Crippen molar-refractivity contribution in [1.29, 1.82) is 0 Å². The highest BCUT2D eigenvalue weighted by Crippen LogP contribution is 2.23. The smallest absolute Gasteiger partial charge is 0.230 e. The molecule has 1 amide bonds. The molecule has 1 saturated heterocycles. The second kappa shape index (κ2) is 10.1. The van der Waals surface area contributed by atoms with Gasteiger partial charge >= 0.3 is 0 Å². The summed E-state index contributed by atoms with van der Waals surface area (Å²) in [4.78, 5) is 19.5. The Morgan fingerprint density at radius 2 is 1.93 bits per heavy atom. The van der Waals surface area contributed by atoms with Crippen LogP contribution in [-0.2, 0) is 29.2 Å².